The summed E-state index contributed by atoms with van der Waals surface area (Å²) in [5.74, 6) is 0. The second kappa shape index (κ2) is 19.1. The van der Waals surface area contributed by atoms with E-state index in [2.05, 4.69) is 35.9 Å². The number of rotatable bonds is 7. The van der Waals surface area contributed by atoms with Crippen LogP contribution >= 0.6 is 23.2 Å². The van der Waals surface area contributed by atoms with Gasteiger partial charge >= 0.3 is 12.2 Å². The summed E-state index contributed by atoms with van der Waals surface area (Å²) in [6.45, 7) is 14.4. The lowest BCUT2D eigenvalue weighted by Gasteiger charge is -2.34. The average molecular weight is 813 g/mol. The van der Waals surface area contributed by atoms with Gasteiger partial charge in [0.05, 0.1) is 28.0 Å². The molecule has 6 heterocycles. The molecule has 0 aromatic carbocycles. The van der Waals surface area contributed by atoms with Gasteiger partial charge in [-0.15, -0.1) is 0 Å². The van der Waals surface area contributed by atoms with Crippen molar-refractivity contribution in [3.05, 3.63) is 58.1 Å². The highest BCUT2D eigenvalue weighted by molar-refractivity contribution is 6.30. The fourth-order valence-electron chi connectivity index (χ4n) is 6.34. The zero-order chi connectivity index (χ0) is 39.9. The van der Waals surface area contributed by atoms with E-state index in [0.717, 1.165) is 54.3 Å². The van der Waals surface area contributed by atoms with E-state index < -0.39 is 11.2 Å². The molecule has 0 unspecified atom stereocenters. The summed E-state index contributed by atoms with van der Waals surface area (Å²) in [5, 5.41) is 11.0. The molecule has 2 fully saturated rings. The van der Waals surface area contributed by atoms with Gasteiger partial charge in [0.1, 0.15) is 32.5 Å². The third-order valence-electron chi connectivity index (χ3n) is 8.95. The molecule has 14 nitrogen and oxygen atoms in total. The maximum atomic E-state index is 12.3. The summed E-state index contributed by atoms with van der Waals surface area (Å²) >= 11 is 12.2. The van der Waals surface area contributed by atoms with E-state index in [1.165, 1.54) is 6.20 Å². The van der Waals surface area contributed by atoms with Crippen molar-refractivity contribution in [2.75, 3.05) is 43.9 Å². The smallest absolute Gasteiger partial charge is 0.410 e. The number of likely N-dealkylation sites (tertiary alicyclic amines) is 2. The molecule has 2 aliphatic heterocycles. The van der Waals surface area contributed by atoms with Crippen LogP contribution in [0.2, 0.25) is 10.3 Å². The topological polar surface area (TPSA) is 164 Å². The highest BCUT2D eigenvalue weighted by Gasteiger charge is 2.29. The number of anilines is 2. The minimum Gasteiger partial charge on any atom is -0.444 e. The van der Waals surface area contributed by atoms with Gasteiger partial charge in [0, 0.05) is 62.8 Å². The monoisotopic (exact) mass is 811 g/mol. The first-order valence-electron chi connectivity index (χ1n) is 18.5. The van der Waals surface area contributed by atoms with Gasteiger partial charge in [-0.05, 0) is 98.5 Å². The molecule has 0 spiro atoms. The van der Waals surface area contributed by atoms with E-state index in [1.807, 2.05) is 60.9 Å². The molecule has 3 N–H and O–H groups in total. The van der Waals surface area contributed by atoms with Gasteiger partial charge in [-0.25, -0.2) is 19.6 Å². The van der Waals surface area contributed by atoms with Crippen molar-refractivity contribution >= 4 is 75.1 Å². The Labute approximate surface area is 339 Å². The number of aromatic nitrogens is 4. The van der Waals surface area contributed by atoms with Crippen LogP contribution in [0.5, 0.6) is 0 Å². The molecular weight excluding hydrogens is 757 g/mol. The van der Waals surface area contributed by atoms with Crippen LogP contribution in [-0.2, 0) is 16.0 Å². The molecule has 0 radical (unpaired) electrons. The van der Waals surface area contributed by atoms with Gasteiger partial charge in [0.25, 0.3) is 0 Å². The van der Waals surface area contributed by atoms with Gasteiger partial charge in [-0.2, -0.15) is 0 Å². The fourth-order valence-corrected chi connectivity index (χ4v) is 6.63. The third kappa shape index (κ3) is 12.0. The second-order valence-corrected chi connectivity index (χ2v) is 16.4. The summed E-state index contributed by atoms with van der Waals surface area (Å²) in [4.78, 5) is 57.0. The normalized spacial score (nSPS) is 15.4. The second-order valence-electron chi connectivity index (χ2n) is 15.7. The van der Waals surface area contributed by atoms with E-state index in [4.69, 9.17) is 32.7 Å². The lowest BCUT2D eigenvalue weighted by Crippen LogP contribution is -2.44. The van der Waals surface area contributed by atoms with Gasteiger partial charge in [0.15, 0.2) is 6.29 Å². The number of carbonyl (C=O) groups is 3. The number of halogens is 2. The maximum Gasteiger partial charge on any atom is 0.410 e. The van der Waals surface area contributed by atoms with E-state index in [9.17, 15) is 14.4 Å². The van der Waals surface area contributed by atoms with Crippen LogP contribution in [0, 0.1) is 0 Å². The third-order valence-corrected chi connectivity index (χ3v) is 9.37. The van der Waals surface area contributed by atoms with E-state index >= 15 is 0 Å². The van der Waals surface area contributed by atoms with Gasteiger partial charge < -0.3 is 35.2 Å². The van der Waals surface area contributed by atoms with Crippen LogP contribution in [0.25, 0.3) is 22.1 Å². The van der Waals surface area contributed by atoms with Crippen molar-refractivity contribution in [1.29, 1.82) is 0 Å². The Morgan fingerprint density at radius 3 is 1.61 bits per heavy atom. The zero-order valence-electron chi connectivity index (χ0n) is 32.5. The number of hydrogen-bond donors (Lipinski definition) is 3. The lowest BCUT2D eigenvalue weighted by molar-refractivity contribution is 0.0199. The quantitative estimate of drug-likeness (QED) is 0.121. The number of amides is 2. The molecule has 4 aromatic heterocycles. The Hall–Kier alpha value is -4.53. The van der Waals surface area contributed by atoms with E-state index in [1.54, 1.807) is 28.0 Å². The van der Waals surface area contributed by atoms with E-state index in [0.29, 0.717) is 65.3 Å². The number of hydrogen-bond acceptors (Lipinski definition) is 12. The minimum absolute atomic E-state index is 0. The molecule has 2 amide bonds. The van der Waals surface area contributed by atoms with Crippen LogP contribution in [-0.4, -0.2) is 105 Å². The molecule has 0 bridgehead atoms. The van der Waals surface area contributed by atoms with Crippen LogP contribution in [0.4, 0.5) is 21.0 Å². The van der Waals surface area contributed by atoms with E-state index in [-0.39, 0.29) is 31.7 Å². The number of carbonyl (C=O) groups excluding carboxylic acids is 3. The maximum absolute atomic E-state index is 12.3. The standard InChI is InChI=1S/C20H28ClN5O2.C19H23ClN4O3.CH4/c1-20(2,3)28-19(27)26-9-7-14(8-10-26)24-17-13(11-22-4)12-23-15-5-6-16(21)25-18(15)17;1-19(2,3)27-18(26)24-8-6-13(7-9-24)22-16-12(11-25)10-21-14-4-5-15(20)23-17(14)16;/h5-6,12,14,22H,7-11H2,1-4H3,(H,23,24);4-5,10-11,13H,6-9H2,1-3H3,(H,21,22);1H4. The van der Waals surface area contributed by atoms with Crippen molar-refractivity contribution in [3.63, 3.8) is 0 Å². The van der Waals surface area contributed by atoms with Crippen molar-refractivity contribution in [1.82, 2.24) is 35.1 Å². The van der Waals surface area contributed by atoms with Gasteiger partial charge in [-0.1, -0.05) is 30.6 Å². The summed E-state index contributed by atoms with van der Waals surface area (Å²) in [6, 6.07) is 7.41. The molecule has 16 heteroatoms. The summed E-state index contributed by atoms with van der Waals surface area (Å²) in [7, 11) is 1.90. The molecule has 2 aliphatic rings. The first kappa shape index (κ1) is 44.2. The number of ether oxygens (including phenoxy) is 2. The molecular formula is C40H55Cl2N9O5. The predicted octanol–water partition coefficient (Wildman–Crippen LogP) is 8.36. The minimum atomic E-state index is -0.508. The molecule has 304 valence electrons. The predicted molar refractivity (Wildman–Crippen MR) is 223 cm³/mol. The Morgan fingerprint density at radius 2 is 1.18 bits per heavy atom. The highest BCUT2D eigenvalue weighted by atomic mass is 35.5. The molecule has 0 atom stereocenters. The van der Waals surface area contributed by atoms with Crippen molar-refractivity contribution < 1.29 is 23.9 Å². The number of aldehydes is 1. The van der Waals surface area contributed by atoms with Crippen LogP contribution < -0.4 is 16.0 Å². The summed E-state index contributed by atoms with van der Waals surface area (Å²) in [6.07, 6.45) is 6.76. The Morgan fingerprint density at radius 1 is 0.750 bits per heavy atom. The molecule has 2 saturated heterocycles. The Bertz CT molecular complexity index is 1990. The number of pyridine rings is 4. The Kier molecular flexibility index (Phi) is 15.1. The molecule has 6 rings (SSSR count). The SMILES string of the molecule is C.CC(C)(C)OC(=O)N1CCC(Nc2c(C=O)cnc3ccc(Cl)nc23)CC1.CNCc1cnc2ccc(Cl)nc2c1NC1CCN(C(=O)OC(C)(C)C)CC1. The van der Waals surface area contributed by atoms with Crippen molar-refractivity contribution in [3.8, 4) is 0 Å². The first-order chi connectivity index (χ1) is 26.0. The largest absolute Gasteiger partial charge is 0.444 e. The zero-order valence-corrected chi connectivity index (χ0v) is 34.1. The number of nitrogens with zero attached hydrogens (tertiary/aromatic N) is 6. The van der Waals surface area contributed by atoms with Gasteiger partial charge in [-0.3, -0.25) is 14.8 Å². The summed E-state index contributed by atoms with van der Waals surface area (Å²) < 4.78 is 10.9. The average Bonchev–Trinajstić information content (AvgIpc) is 3.12. The van der Waals surface area contributed by atoms with Crippen LogP contribution in [0.1, 0.15) is 90.6 Å². The highest BCUT2D eigenvalue weighted by Crippen LogP contribution is 2.30. The van der Waals surface area contributed by atoms with Crippen LogP contribution in [0.3, 0.4) is 0 Å². The Balaban J connectivity index is 0.000000244. The van der Waals surface area contributed by atoms with Crippen molar-refractivity contribution in [2.24, 2.45) is 0 Å². The molecule has 0 saturated carbocycles. The lowest BCUT2D eigenvalue weighted by atomic mass is 10.0. The summed E-state index contributed by atoms with van der Waals surface area (Å²) in [5.41, 5.74) is 4.89. The van der Waals surface area contributed by atoms with Gasteiger partial charge in [0.2, 0.25) is 0 Å². The molecule has 56 heavy (non-hydrogen) atoms. The molecule has 4 aromatic rings. The first-order valence-corrected chi connectivity index (χ1v) is 19.3. The number of nitrogens with one attached hydrogen (secondary N) is 3. The number of fused-ring (bicyclic) bond motifs is 2. The number of piperidine rings is 2. The van der Waals surface area contributed by atoms with Crippen LogP contribution in [0.15, 0.2) is 36.7 Å². The molecule has 0 aliphatic carbocycles. The van der Waals surface area contributed by atoms with Crippen molar-refractivity contribution in [2.45, 2.75) is 104 Å². The fraction of sp³-hybridized carbons (Fsp3) is 0.525.